The molecule has 0 spiro atoms. The molecule has 0 radical (unpaired) electrons. The lowest BCUT2D eigenvalue weighted by Gasteiger charge is -2.09. The van der Waals surface area contributed by atoms with Crippen molar-refractivity contribution in [2.24, 2.45) is 0 Å². The summed E-state index contributed by atoms with van der Waals surface area (Å²) in [6.07, 6.45) is 3.07. The van der Waals surface area contributed by atoms with E-state index in [2.05, 4.69) is 4.98 Å². The maximum atomic E-state index is 12.6. The first-order valence-corrected chi connectivity index (χ1v) is 4.65. The van der Waals surface area contributed by atoms with Gasteiger partial charge in [0.1, 0.15) is 0 Å². The zero-order valence-electron chi connectivity index (χ0n) is 6.84. The fraction of sp³-hybridized carbons (Fsp3) is 0.375. The molecule has 0 aliphatic carbocycles. The van der Waals surface area contributed by atoms with Gasteiger partial charge in [0, 0.05) is 18.7 Å². The fourth-order valence-corrected chi connectivity index (χ4v) is 1.12. The van der Waals surface area contributed by atoms with Gasteiger partial charge in [0.2, 0.25) is 0 Å². The maximum absolute atomic E-state index is 12.6. The standard InChI is InChI=1S/C8H9F2NS/c1-8(9,10)6-3-4-7(12-2)11-5-6/h3-5H,1-2H3. The molecule has 12 heavy (non-hydrogen) atoms. The molecule has 0 fully saturated rings. The van der Waals surface area contributed by atoms with Gasteiger partial charge in [0.25, 0.3) is 5.92 Å². The second-order valence-corrected chi connectivity index (χ2v) is 3.30. The Kier molecular flexibility index (Phi) is 2.67. The van der Waals surface area contributed by atoms with Crippen LogP contribution in [0, 0.1) is 0 Å². The third-order valence-corrected chi connectivity index (χ3v) is 2.11. The van der Waals surface area contributed by atoms with Gasteiger partial charge in [-0.3, -0.25) is 0 Å². The van der Waals surface area contributed by atoms with Gasteiger partial charge in [-0.25, -0.2) is 13.8 Å². The SMILES string of the molecule is CSc1ccc(C(C)(F)F)cn1. The van der Waals surface area contributed by atoms with Gasteiger partial charge >= 0.3 is 0 Å². The molecule has 0 amide bonds. The predicted octanol–water partition coefficient (Wildman–Crippen LogP) is 2.92. The minimum atomic E-state index is -2.79. The second-order valence-electron chi connectivity index (χ2n) is 2.48. The fourth-order valence-electron chi connectivity index (χ4n) is 0.761. The van der Waals surface area contributed by atoms with Crippen LogP contribution in [0.15, 0.2) is 23.4 Å². The average molecular weight is 189 g/mol. The van der Waals surface area contributed by atoms with Crippen LogP contribution in [0.1, 0.15) is 12.5 Å². The smallest absolute Gasteiger partial charge is 0.249 e. The first-order valence-electron chi connectivity index (χ1n) is 3.42. The monoisotopic (exact) mass is 189 g/mol. The van der Waals surface area contributed by atoms with Gasteiger partial charge < -0.3 is 0 Å². The van der Waals surface area contributed by atoms with Crippen LogP contribution in [0.3, 0.4) is 0 Å². The minimum Gasteiger partial charge on any atom is -0.249 e. The minimum absolute atomic E-state index is 0.0414. The number of nitrogens with zero attached hydrogens (tertiary/aromatic N) is 1. The molecule has 1 aromatic heterocycles. The molecule has 0 aromatic carbocycles. The van der Waals surface area contributed by atoms with Crippen LogP contribution in [-0.2, 0) is 5.92 Å². The van der Waals surface area contributed by atoms with Crippen LogP contribution in [-0.4, -0.2) is 11.2 Å². The van der Waals surface area contributed by atoms with Gasteiger partial charge in [-0.15, -0.1) is 11.8 Å². The molecule has 1 heterocycles. The molecular weight excluding hydrogens is 180 g/mol. The third kappa shape index (κ3) is 2.17. The van der Waals surface area contributed by atoms with Crippen molar-refractivity contribution in [2.45, 2.75) is 17.9 Å². The highest BCUT2D eigenvalue weighted by atomic mass is 32.2. The lowest BCUT2D eigenvalue weighted by atomic mass is 10.2. The zero-order chi connectivity index (χ0) is 9.19. The van der Waals surface area contributed by atoms with E-state index >= 15 is 0 Å². The molecule has 1 rings (SSSR count). The van der Waals surface area contributed by atoms with Crippen LogP contribution in [0.2, 0.25) is 0 Å². The van der Waals surface area contributed by atoms with Crippen LogP contribution in [0.4, 0.5) is 8.78 Å². The number of thioether (sulfide) groups is 1. The summed E-state index contributed by atoms with van der Waals surface area (Å²) < 4.78 is 25.3. The number of hydrogen-bond donors (Lipinski definition) is 0. The van der Waals surface area contributed by atoms with Crippen molar-refractivity contribution in [3.8, 4) is 0 Å². The molecule has 0 N–H and O–H groups in total. The molecule has 0 saturated heterocycles. The average Bonchev–Trinajstić information content (AvgIpc) is 2.03. The van der Waals surface area contributed by atoms with Crippen LogP contribution < -0.4 is 0 Å². The van der Waals surface area contributed by atoms with Crippen LogP contribution in [0.25, 0.3) is 0 Å². The van der Waals surface area contributed by atoms with Gasteiger partial charge in [-0.2, -0.15) is 0 Å². The number of alkyl halides is 2. The number of hydrogen-bond acceptors (Lipinski definition) is 2. The first kappa shape index (κ1) is 9.45. The van der Waals surface area contributed by atoms with E-state index in [1.54, 1.807) is 6.07 Å². The van der Waals surface area contributed by atoms with Crippen molar-refractivity contribution in [1.29, 1.82) is 0 Å². The lowest BCUT2D eigenvalue weighted by Crippen LogP contribution is -2.06. The highest BCUT2D eigenvalue weighted by Gasteiger charge is 2.24. The van der Waals surface area contributed by atoms with Crippen molar-refractivity contribution in [3.05, 3.63) is 23.9 Å². The lowest BCUT2D eigenvalue weighted by molar-refractivity contribution is 0.0170. The number of rotatable bonds is 2. The Labute approximate surface area is 74.2 Å². The quantitative estimate of drug-likeness (QED) is 0.663. The van der Waals surface area contributed by atoms with Gasteiger partial charge in [-0.1, -0.05) is 0 Å². The van der Waals surface area contributed by atoms with E-state index in [0.29, 0.717) is 0 Å². The Hall–Kier alpha value is -0.640. The van der Waals surface area contributed by atoms with Crippen molar-refractivity contribution in [3.63, 3.8) is 0 Å². The molecule has 1 nitrogen and oxygen atoms in total. The zero-order valence-corrected chi connectivity index (χ0v) is 7.66. The second kappa shape index (κ2) is 3.39. The Morgan fingerprint density at radius 3 is 2.42 bits per heavy atom. The summed E-state index contributed by atoms with van der Waals surface area (Å²) in [4.78, 5) is 3.85. The largest absolute Gasteiger partial charge is 0.272 e. The predicted molar refractivity (Wildman–Crippen MR) is 45.6 cm³/mol. The summed E-state index contributed by atoms with van der Waals surface area (Å²) in [6.45, 7) is 0.864. The molecule has 0 aliphatic rings. The van der Waals surface area contributed by atoms with E-state index in [9.17, 15) is 8.78 Å². The molecule has 0 saturated carbocycles. The first-order chi connectivity index (χ1) is 5.54. The van der Waals surface area contributed by atoms with E-state index in [1.807, 2.05) is 6.26 Å². The molecule has 0 bridgehead atoms. The molecular formula is C8H9F2NS. The van der Waals surface area contributed by atoms with E-state index in [1.165, 1.54) is 24.0 Å². The maximum Gasteiger partial charge on any atom is 0.272 e. The van der Waals surface area contributed by atoms with Crippen molar-refractivity contribution in [2.75, 3.05) is 6.26 Å². The molecule has 0 atom stereocenters. The Bertz CT molecular complexity index is 253. The number of aromatic nitrogens is 1. The van der Waals surface area contributed by atoms with Crippen LogP contribution in [0.5, 0.6) is 0 Å². The van der Waals surface area contributed by atoms with Crippen molar-refractivity contribution < 1.29 is 8.78 Å². The highest BCUT2D eigenvalue weighted by Crippen LogP contribution is 2.26. The van der Waals surface area contributed by atoms with E-state index in [4.69, 9.17) is 0 Å². The van der Waals surface area contributed by atoms with Gasteiger partial charge in [0.15, 0.2) is 0 Å². The number of halogens is 2. The van der Waals surface area contributed by atoms with Gasteiger partial charge in [0.05, 0.1) is 5.03 Å². The Morgan fingerprint density at radius 2 is 2.08 bits per heavy atom. The molecule has 0 aliphatic heterocycles. The summed E-state index contributed by atoms with van der Waals surface area (Å²) in [6, 6.07) is 3.00. The normalized spacial score (nSPS) is 11.7. The van der Waals surface area contributed by atoms with Gasteiger partial charge in [-0.05, 0) is 18.4 Å². The summed E-state index contributed by atoms with van der Waals surface area (Å²) in [5.41, 5.74) is -0.0414. The van der Waals surface area contributed by atoms with Crippen LogP contribution >= 0.6 is 11.8 Å². The van der Waals surface area contributed by atoms with E-state index in [0.717, 1.165) is 11.9 Å². The molecule has 1 aromatic rings. The van der Waals surface area contributed by atoms with E-state index < -0.39 is 5.92 Å². The number of pyridine rings is 1. The topological polar surface area (TPSA) is 12.9 Å². The Morgan fingerprint density at radius 1 is 1.42 bits per heavy atom. The molecule has 66 valence electrons. The molecule has 4 heteroatoms. The summed E-state index contributed by atoms with van der Waals surface area (Å²) in [7, 11) is 0. The molecule has 0 unspecified atom stereocenters. The van der Waals surface area contributed by atoms with Crippen molar-refractivity contribution >= 4 is 11.8 Å². The summed E-state index contributed by atoms with van der Waals surface area (Å²) in [5, 5.41) is 0.753. The van der Waals surface area contributed by atoms with Crippen molar-refractivity contribution in [1.82, 2.24) is 4.98 Å². The summed E-state index contributed by atoms with van der Waals surface area (Å²) in [5.74, 6) is -2.79. The Balaban J connectivity index is 2.93. The third-order valence-electron chi connectivity index (χ3n) is 1.45. The highest BCUT2D eigenvalue weighted by molar-refractivity contribution is 7.98. The van der Waals surface area contributed by atoms with E-state index in [-0.39, 0.29) is 5.56 Å². The summed E-state index contributed by atoms with van der Waals surface area (Å²) >= 11 is 1.43.